The number of imide groups is 1. The van der Waals surface area contributed by atoms with E-state index in [1.165, 1.54) is 0 Å². The van der Waals surface area contributed by atoms with Crippen LogP contribution in [0.15, 0.2) is 48.7 Å². The van der Waals surface area contributed by atoms with Crippen LogP contribution in [0.3, 0.4) is 0 Å². The zero-order valence-corrected chi connectivity index (χ0v) is 12.9. The molecule has 0 saturated carbocycles. The maximum absolute atomic E-state index is 11.7. The van der Waals surface area contributed by atoms with Crippen LogP contribution in [0.2, 0.25) is 0 Å². The molecule has 0 bridgehead atoms. The number of hydrogen-bond acceptors (Lipinski definition) is 4. The van der Waals surface area contributed by atoms with Gasteiger partial charge in [0.05, 0.1) is 17.6 Å². The Morgan fingerprint density at radius 1 is 1.12 bits per heavy atom. The van der Waals surface area contributed by atoms with Gasteiger partial charge in [-0.3, -0.25) is 15.1 Å². The number of rotatable bonds is 3. The third kappa shape index (κ3) is 3.30. The fourth-order valence-corrected chi connectivity index (χ4v) is 2.25. The van der Waals surface area contributed by atoms with Gasteiger partial charge in [0.15, 0.2) is 0 Å². The van der Waals surface area contributed by atoms with Gasteiger partial charge >= 0.3 is 6.03 Å². The molecule has 1 aromatic carbocycles. The second kappa shape index (κ2) is 6.33. The number of nitrogens with zero attached hydrogens (tertiary/aromatic N) is 2. The van der Waals surface area contributed by atoms with Crippen molar-refractivity contribution in [3.8, 4) is 22.8 Å². The van der Waals surface area contributed by atoms with Crippen molar-refractivity contribution in [2.75, 3.05) is 0 Å². The van der Waals surface area contributed by atoms with Crippen LogP contribution < -0.4 is 11.1 Å². The molecule has 24 heavy (non-hydrogen) atoms. The van der Waals surface area contributed by atoms with Crippen LogP contribution in [0.5, 0.6) is 0 Å². The van der Waals surface area contributed by atoms with Gasteiger partial charge in [0.1, 0.15) is 5.82 Å². The molecule has 0 atom stereocenters. The van der Waals surface area contributed by atoms with E-state index in [1.54, 1.807) is 30.5 Å². The minimum Gasteiger partial charge on any atom is -0.351 e. The number of H-pyrrole nitrogens is 1. The summed E-state index contributed by atoms with van der Waals surface area (Å²) in [6.07, 6.45) is 1.71. The fraction of sp³-hybridized carbons (Fsp3) is 0.0588. The van der Waals surface area contributed by atoms with Gasteiger partial charge in [-0.25, -0.2) is 9.78 Å². The first-order valence-electron chi connectivity index (χ1n) is 7.23. The molecule has 2 aromatic heterocycles. The summed E-state index contributed by atoms with van der Waals surface area (Å²) in [6, 6.07) is 11.6. The van der Waals surface area contributed by atoms with Crippen molar-refractivity contribution in [3.63, 3.8) is 0 Å². The number of nitrogens with two attached hydrogens (primary N) is 1. The van der Waals surface area contributed by atoms with Gasteiger partial charge < -0.3 is 10.7 Å². The van der Waals surface area contributed by atoms with Crippen molar-refractivity contribution in [3.05, 3.63) is 59.9 Å². The van der Waals surface area contributed by atoms with E-state index in [1.807, 2.05) is 30.4 Å². The highest BCUT2D eigenvalue weighted by atomic mass is 16.2. The molecule has 3 aromatic rings. The number of amides is 3. The zero-order valence-electron chi connectivity index (χ0n) is 12.9. The summed E-state index contributed by atoms with van der Waals surface area (Å²) in [4.78, 5) is 34.4. The molecule has 0 saturated heterocycles. The van der Waals surface area contributed by atoms with Crippen LogP contribution in [0.25, 0.3) is 22.8 Å². The highest BCUT2D eigenvalue weighted by Crippen LogP contribution is 2.21. The van der Waals surface area contributed by atoms with Gasteiger partial charge in [-0.1, -0.05) is 18.2 Å². The molecule has 0 aliphatic carbocycles. The van der Waals surface area contributed by atoms with Gasteiger partial charge in [-0.2, -0.15) is 0 Å². The fourth-order valence-electron chi connectivity index (χ4n) is 2.25. The predicted molar refractivity (Wildman–Crippen MR) is 89.0 cm³/mol. The van der Waals surface area contributed by atoms with Crippen LogP contribution in [-0.4, -0.2) is 26.9 Å². The summed E-state index contributed by atoms with van der Waals surface area (Å²) in [5, 5.41) is 2.02. The summed E-state index contributed by atoms with van der Waals surface area (Å²) < 4.78 is 0. The molecule has 7 nitrogen and oxygen atoms in total. The van der Waals surface area contributed by atoms with E-state index >= 15 is 0 Å². The molecule has 120 valence electrons. The number of carbonyl (C=O) groups is 2. The second-order valence-electron chi connectivity index (χ2n) is 5.21. The maximum Gasteiger partial charge on any atom is 0.319 e. The summed E-state index contributed by atoms with van der Waals surface area (Å²) in [5.41, 5.74) is 8.62. The number of imidazole rings is 1. The second-order valence-corrected chi connectivity index (χ2v) is 5.21. The Labute approximate surface area is 138 Å². The number of benzene rings is 1. The highest BCUT2D eigenvalue weighted by Gasteiger charge is 2.10. The number of primary amides is 1. The third-order valence-electron chi connectivity index (χ3n) is 3.40. The monoisotopic (exact) mass is 321 g/mol. The Kier molecular flexibility index (Phi) is 4.07. The van der Waals surface area contributed by atoms with E-state index in [0.717, 1.165) is 22.6 Å². The number of aromatic amines is 1. The van der Waals surface area contributed by atoms with Gasteiger partial charge in [0.25, 0.3) is 5.91 Å². The lowest BCUT2D eigenvalue weighted by Crippen LogP contribution is -2.34. The summed E-state index contributed by atoms with van der Waals surface area (Å²) in [5.74, 6) is 0.119. The molecule has 3 amide bonds. The van der Waals surface area contributed by atoms with E-state index < -0.39 is 11.9 Å². The first kappa shape index (κ1) is 15.4. The largest absolute Gasteiger partial charge is 0.351 e. The van der Waals surface area contributed by atoms with Gasteiger partial charge in [-0.15, -0.1) is 0 Å². The lowest BCUT2D eigenvalue weighted by atomic mass is 10.1. The molecule has 2 heterocycles. The van der Waals surface area contributed by atoms with E-state index in [0.29, 0.717) is 11.4 Å². The number of urea groups is 1. The average molecular weight is 321 g/mol. The standard InChI is InChI=1S/C17H15N5O2/c1-10-3-2-4-13(20-10)14-9-19-15(21-14)11-5-7-12(8-6-11)16(23)22-17(18)24/h2-9H,1H3,(H,19,21)(H3,18,22,23,24). The number of aryl methyl sites for hydroxylation is 1. The van der Waals surface area contributed by atoms with Crippen molar-refractivity contribution < 1.29 is 9.59 Å². The smallest absolute Gasteiger partial charge is 0.319 e. The van der Waals surface area contributed by atoms with Gasteiger partial charge in [-0.05, 0) is 31.2 Å². The highest BCUT2D eigenvalue weighted by molar-refractivity contribution is 6.03. The van der Waals surface area contributed by atoms with Crippen LogP contribution in [0.1, 0.15) is 16.1 Å². The Morgan fingerprint density at radius 3 is 2.54 bits per heavy atom. The van der Waals surface area contributed by atoms with Crippen molar-refractivity contribution >= 4 is 11.9 Å². The SMILES string of the molecule is Cc1cccc(-c2cnc(-c3ccc(C(=O)NC(N)=O)cc3)[nH]2)n1. The molecule has 0 aliphatic heterocycles. The predicted octanol–water partition coefficient (Wildman–Crippen LogP) is 2.26. The van der Waals surface area contributed by atoms with Crippen LogP contribution >= 0.6 is 0 Å². The lowest BCUT2D eigenvalue weighted by molar-refractivity contribution is 0.0966. The molecular formula is C17H15N5O2. The number of aromatic nitrogens is 3. The molecule has 4 N–H and O–H groups in total. The van der Waals surface area contributed by atoms with E-state index in [-0.39, 0.29) is 0 Å². The number of carbonyl (C=O) groups excluding carboxylic acids is 2. The Morgan fingerprint density at radius 2 is 1.88 bits per heavy atom. The van der Waals surface area contributed by atoms with Crippen LogP contribution in [0.4, 0.5) is 4.79 Å². The number of nitrogens with one attached hydrogen (secondary N) is 2. The number of pyridine rings is 1. The van der Waals surface area contributed by atoms with Crippen LogP contribution in [0, 0.1) is 6.92 Å². The van der Waals surface area contributed by atoms with E-state index in [4.69, 9.17) is 5.73 Å². The Bertz CT molecular complexity index is 899. The first-order valence-corrected chi connectivity index (χ1v) is 7.23. The van der Waals surface area contributed by atoms with Gasteiger partial charge in [0.2, 0.25) is 0 Å². The molecule has 0 aliphatic rings. The number of hydrogen-bond donors (Lipinski definition) is 3. The minimum atomic E-state index is -0.884. The zero-order chi connectivity index (χ0) is 17.1. The van der Waals surface area contributed by atoms with Crippen LogP contribution in [-0.2, 0) is 0 Å². The third-order valence-corrected chi connectivity index (χ3v) is 3.40. The summed E-state index contributed by atoms with van der Waals surface area (Å²) in [6.45, 7) is 1.93. The molecular weight excluding hydrogens is 306 g/mol. The Hall–Kier alpha value is -3.48. The minimum absolute atomic E-state index is 0.338. The average Bonchev–Trinajstić information content (AvgIpc) is 3.04. The first-order chi connectivity index (χ1) is 11.5. The van der Waals surface area contributed by atoms with E-state index in [9.17, 15) is 9.59 Å². The van der Waals surface area contributed by atoms with E-state index in [2.05, 4.69) is 15.0 Å². The van der Waals surface area contributed by atoms with Gasteiger partial charge in [0, 0.05) is 16.8 Å². The van der Waals surface area contributed by atoms with Crippen molar-refractivity contribution in [2.45, 2.75) is 6.92 Å². The summed E-state index contributed by atoms with van der Waals surface area (Å²) >= 11 is 0. The van der Waals surface area contributed by atoms with Crippen molar-refractivity contribution in [2.24, 2.45) is 5.73 Å². The molecule has 3 rings (SSSR count). The maximum atomic E-state index is 11.7. The molecule has 7 heteroatoms. The molecule has 0 radical (unpaired) electrons. The Balaban J connectivity index is 1.83. The molecule has 0 spiro atoms. The van der Waals surface area contributed by atoms with Crippen molar-refractivity contribution in [1.29, 1.82) is 0 Å². The van der Waals surface area contributed by atoms with Crippen molar-refractivity contribution in [1.82, 2.24) is 20.3 Å². The summed E-state index contributed by atoms with van der Waals surface area (Å²) in [7, 11) is 0. The lowest BCUT2D eigenvalue weighted by Gasteiger charge is -2.02. The topological polar surface area (TPSA) is 114 Å². The quantitative estimate of drug-likeness (QED) is 0.686. The molecule has 0 unspecified atom stereocenters. The normalized spacial score (nSPS) is 10.4. The molecule has 0 fully saturated rings.